The van der Waals surface area contributed by atoms with Gasteiger partial charge in [0.1, 0.15) is 5.75 Å². The summed E-state index contributed by atoms with van der Waals surface area (Å²) in [6.07, 6.45) is 1.72. The average molecular weight is 378 g/mol. The molecular weight excluding hydrogens is 342 g/mol. The molecule has 1 unspecified atom stereocenters. The Morgan fingerprint density at radius 1 is 1.30 bits per heavy atom. The summed E-state index contributed by atoms with van der Waals surface area (Å²) < 4.78 is 10.8. The van der Waals surface area contributed by atoms with Gasteiger partial charge in [-0.05, 0) is 37.5 Å². The van der Waals surface area contributed by atoms with Crippen LogP contribution < -0.4 is 15.4 Å². The minimum atomic E-state index is -0.0894. The monoisotopic (exact) mass is 377 g/mol. The van der Waals surface area contributed by atoms with E-state index < -0.39 is 0 Å². The number of guanidine groups is 1. The summed E-state index contributed by atoms with van der Waals surface area (Å²) >= 11 is 0. The summed E-state index contributed by atoms with van der Waals surface area (Å²) in [5.74, 6) is 1.67. The van der Waals surface area contributed by atoms with Crippen LogP contribution in [-0.4, -0.2) is 57.6 Å². The lowest BCUT2D eigenvalue weighted by Gasteiger charge is -2.28. The van der Waals surface area contributed by atoms with Gasteiger partial charge in [-0.15, -0.1) is 0 Å². The molecule has 2 rings (SSSR count). The zero-order chi connectivity index (χ0) is 19.8. The van der Waals surface area contributed by atoms with Gasteiger partial charge in [0.05, 0.1) is 20.3 Å². The quantitative estimate of drug-likeness (QED) is 0.455. The molecule has 1 fully saturated rings. The fourth-order valence-corrected chi connectivity index (χ4v) is 3.33. The van der Waals surface area contributed by atoms with Gasteiger partial charge in [-0.3, -0.25) is 4.99 Å². The molecule has 0 aromatic heterocycles. The standard InChI is InChI=1S/C21H35N3O3/c1-5-22-19(24-15-21(10-12-25)11-13-27-16-21)23-14-20(2,3)17-6-8-18(26-4)9-7-17/h6-9,25H,5,10-16H2,1-4H3,(H2,22,23,24). The molecule has 1 heterocycles. The molecule has 0 bridgehead atoms. The lowest BCUT2D eigenvalue weighted by Crippen LogP contribution is -2.45. The summed E-state index contributed by atoms with van der Waals surface area (Å²) in [6, 6.07) is 8.17. The van der Waals surface area contributed by atoms with E-state index in [2.05, 4.69) is 43.5 Å². The third kappa shape index (κ3) is 6.11. The maximum absolute atomic E-state index is 9.40. The molecule has 1 aliphatic rings. The largest absolute Gasteiger partial charge is 0.497 e. The minimum Gasteiger partial charge on any atom is -0.497 e. The van der Waals surface area contributed by atoms with E-state index in [1.807, 2.05) is 12.1 Å². The molecule has 6 heteroatoms. The second kappa shape index (κ2) is 9.95. The summed E-state index contributed by atoms with van der Waals surface area (Å²) in [5, 5.41) is 16.2. The molecule has 6 nitrogen and oxygen atoms in total. The van der Waals surface area contributed by atoms with Gasteiger partial charge in [-0.25, -0.2) is 0 Å². The normalized spacial score (nSPS) is 20.6. The highest BCUT2D eigenvalue weighted by Crippen LogP contribution is 2.31. The van der Waals surface area contributed by atoms with Crippen molar-refractivity contribution in [3.8, 4) is 5.75 Å². The predicted octanol–water partition coefficient (Wildman–Crippen LogP) is 2.32. The van der Waals surface area contributed by atoms with Crippen molar-refractivity contribution in [2.75, 3.05) is 46.6 Å². The Bertz CT molecular complexity index is 593. The molecular formula is C21H35N3O3. The maximum atomic E-state index is 9.40. The molecule has 0 amide bonds. The fourth-order valence-electron chi connectivity index (χ4n) is 3.33. The molecule has 0 radical (unpaired) electrons. The first-order valence-corrected chi connectivity index (χ1v) is 9.80. The predicted molar refractivity (Wildman–Crippen MR) is 110 cm³/mol. The smallest absolute Gasteiger partial charge is 0.191 e. The van der Waals surface area contributed by atoms with Crippen molar-refractivity contribution < 1.29 is 14.6 Å². The first-order valence-electron chi connectivity index (χ1n) is 9.80. The van der Waals surface area contributed by atoms with Crippen molar-refractivity contribution in [3.63, 3.8) is 0 Å². The number of benzene rings is 1. The zero-order valence-corrected chi connectivity index (χ0v) is 17.2. The van der Waals surface area contributed by atoms with Crippen LogP contribution in [0.1, 0.15) is 39.2 Å². The highest BCUT2D eigenvalue weighted by molar-refractivity contribution is 5.79. The molecule has 1 aromatic rings. The van der Waals surface area contributed by atoms with E-state index in [0.717, 1.165) is 44.2 Å². The van der Waals surface area contributed by atoms with E-state index in [1.54, 1.807) is 7.11 Å². The molecule has 0 saturated carbocycles. The molecule has 1 aromatic carbocycles. The van der Waals surface area contributed by atoms with Crippen LogP contribution in [0.15, 0.2) is 29.3 Å². The van der Waals surface area contributed by atoms with Crippen molar-refractivity contribution in [1.29, 1.82) is 0 Å². The Morgan fingerprint density at radius 3 is 2.59 bits per heavy atom. The highest BCUT2D eigenvalue weighted by Gasteiger charge is 2.34. The van der Waals surface area contributed by atoms with Crippen LogP contribution in [0.25, 0.3) is 0 Å². The van der Waals surface area contributed by atoms with Crippen molar-refractivity contribution in [3.05, 3.63) is 29.8 Å². The molecule has 3 N–H and O–H groups in total. The van der Waals surface area contributed by atoms with E-state index >= 15 is 0 Å². The van der Waals surface area contributed by atoms with Gasteiger partial charge in [0, 0.05) is 37.1 Å². The Morgan fingerprint density at radius 2 is 2.04 bits per heavy atom. The van der Waals surface area contributed by atoms with Crippen LogP contribution in [0.3, 0.4) is 0 Å². The van der Waals surface area contributed by atoms with Crippen LogP contribution in [-0.2, 0) is 10.2 Å². The Hall–Kier alpha value is -1.79. The number of hydrogen-bond donors (Lipinski definition) is 3. The molecule has 152 valence electrons. The summed E-state index contributed by atoms with van der Waals surface area (Å²) in [4.78, 5) is 4.82. The van der Waals surface area contributed by atoms with Crippen molar-refractivity contribution in [2.45, 2.75) is 39.0 Å². The molecule has 1 atom stereocenters. The average Bonchev–Trinajstić information content (AvgIpc) is 3.13. The molecule has 1 aliphatic heterocycles. The van der Waals surface area contributed by atoms with Crippen LogP contribution in [0.2, 0.25) is 0 Å². The molecule has 1 saturated heterocycles. The van der Waals surface area contributed by atoms with Crippen molar-refractivity contribution >= 4 is 5.96 Å². The number of aliphatic hydroxyl groups excluding tert-OH is 1. The number of rotatable bonds is 9. The van der Waals surface area contributed by atoms with E-state index in [0.29, 0.717) is 13.2 Å². The SMILES string of the molecule is CCNC(=NCC(C)(C)c1ccc(OC)cc1)NCC1(CCO)CCOC1. The summed E-state index contributed by atoms with van der Waals surface area (Å²) in [5.41, 5.74) is 1.13. The van der Waals surface area contributed by atoms with Crippen LogP contribution in [0.5, 0.6) is 5.75 Å². The summed E-state index contributed by atoms with van der Waals surface area (Å²) in [7, 11) is 1.68. The van der Waals surface area contributed by atoms with Gasteiger partial charge in [0.2, 0.25) is 0 Å². The first-order chi connectivity index (χ1) is 12.9. The van der Waals surface area contributed by atoms with Crippen LogP contribution in [0.4, 0.5) is 0 Å². The Labute approximate surface area is 163 Å². The van der Waals surface area contributed by atoms with Crippen molar-refractivity contribution in [2.24, 2.45) is 10.4 Å². The van der Waals surface area contributed by atoms with Gasteiger partial charge < -0.3 is 25.2 Å². The lowest BCUT2D eigenvalue weighted by molar-refractivity contribution is 0.127. The third-order valence-electron chi connectivity index (χ3n) is 5.31. The van der Waals surface area contributed by atoms with Crippen molar-refractivity contribution in [1.82, 2.24) is 10.6 Å². The minimum absolute atomic E-state index is 0.00353. The number of nitrogens with one attached hydrogen (secondary N) is 2. The first kappa shape index (κ1) is 21.5. The van der Waals surface area contributed by atoms with Crippen LogP contribution >= 0.6 is 0 Å². The van der Waals surface area contributed by atoms with E-state index in [9.17, 15) is 5.11 Å². The highest BCUT2D eigenvalue weighted by atomic mass is 16.5. The number of aliphatic hydroxyl groups is 1. The number of methoxy groups -OCH3 is 1. The van der Waals surface area contributed by atoms with Gasteiger partial charge in [0.15, 0.2) is 5.96 Å². The number of ether oxygens (including phenoxy) is 2. The summed E-state index contributed by atoms with van der Waals surface area (Å²) in [6.45, 7) is 10.3. The van der Waals surface area contributed by atoms with Crippen LogP contribution in [0, 0.1) is 5.41 Å². The molecule has 0 spiro atoms. The zero-order valence-electron chi connectivity index (χ0n) is 17.2. The van der Waals surface area contributed by atoms with E-state index in [-0.39, 0.29) is 17.4 Å². The molecule has 0 aliphatic carbocycles. The Balaban J connectivity index is 2.02. The number of aliphatic imine (C=N–C) groups is 1. The fraction of sp³-hybridized carbons (Fsp3) is 0.667. The maximum Gasteiger partial charge on any atom is 0.191 e. The van der Waals surface area contributed by atoms with Gasteiger partial charge >= 0.3 is 0 Å². The second-order valence-corrected chi connectivity index (χ2v) is 7.94. The van der Waals surface area contributed by atoms with Gasteiger partial charge in [-0.2, -0.15) is 0 Å². The van der Waals surface area contributed by atoms with Gasteiger partial charge in [-0.1, -0.05) is 26.0 Å². The topological polar surface area (TPSA) is 75.1 Å². The second-order valence-electron chi connectivity index (χ2n) is 7.94. The lowest BCUT2D eigenvalue weighted by atomic mass is 9.84. The molecule has 27 heavy (non-hydrogen) atoms. The Kier molecular flexibility index (Phi) is 7.92. The van der Waals surface area contributed by atoms with E-state index in [1.165, 1.54) is 5.56 Å². The number of nitrogens with zero attached hydrogens (tertiary/aromatic N) is 1. The van der Waals surface area contributed by atoms with Gasteiger partial charge in [0.25, 0.3) is 0 Å². The van der Waals surface area contributed by atoms with E-state index in [4.69, 9.17) is 14.5 Å². The number of hydrogen-bond acceptors (Lipinski definition) is 4. The third-order valence-corrected chi connectivity index (χ3v) is 5.31.